The highest BCUT2D eigenvalue weighted by molar-refractivity contribution is 6.00. The maximum atomic E-state index is 12.5. The Morgan fingerprint density at radius 3 is 1.71 bits per heavy atom. The molecule has 6 heteroatoms. The van der Waals surface area contributed by atoms with Crippen molar-refractivity contribution >= 4 is 11.9 Å². The number of hydrogen-bond donors (Lipinski definition) is 4. The van der Waals surface area contributed by atoms with Gasteiger partial charge in [-0.1, -0.05) is 60.7 Å². The van der Waals surface area contributed by atoms with Crippen molar-refractivity contribution in [1.82, 2.24) is 5.01 Å². The van der Waals surface area contributed by atoms with E-state index in [-0.39, 0.29) is 0 Å². The Morgan fingerprint density at radius 1 is 1.00 bits per heavy atom. The molecule has 0 saturated carbocycles. The molecule has 2 aromatic rings. The Morgan fingerprint density at radius 2 is 1.38 bits per heavy atom. The largest absolute Gasteiger partial charge is 0.372 e. The fraction of sp³-hybridized carbons (Fsp3) is 0.0667. The molecule has 0 saturated heterocycles. The minimum atomic E-state index is -2.01. The Labute approximate surface area is 122 Å². The summed E-state index contributed by atoms with van der Waals surface area (Å²) in [6.45, 7) is 0. The number of hydrazine groups is 1. The molecule has 0 fully saturated rings. The SMILES string of the molecule is N=C(N)N(N)C(=O)C(O)(c1ccccc1)c1ccccc1. The number of hydrogen-bond acceptors (Lipinski definition) is 4. The summed E-state index contributed by atoms with van der Waals surface area (Å²) in [5.41, 5.74) is 3.92. The molecule has 0 bridgehead atoms. The molecule has 2 aromatic carbocycles. The molecule has 0 aliphatic rings. The van der Waals surface area contributed by atoms with E-state index in [0.717, 1.165) is 0 Å². The van der Waals surface area contributed by atoms with Crippen LogP contribution < -0.4 is 11.6 Å². The second-order valence-corrected chi connectivity index (χ2v) is 4.50. The monoisotopic (exact) mass is 284 g/mol. The zero-order chi connectivity index (χ0) is 15.5. The smallest absolute Gasteiger partial charge is 0.285 e. The van der Waals surface area contributed by atoms with Crippen molar-refractivity contribution in [2.24, 2.45) is 11.6 Å². The molecular weight excluding hydrogens is 268 g/mol. The summed E-state index contributed by atoms with van der Waals surface area (Å²) < 4.78 is 0. The van der Waals surface area contributed by atoms with Crippen LogP contribution in [0.4, 0.5) is 0 Å². The summed E-state index contributed by atoms with van der Waals surface area (Å²) in [6, 6.07) is 16.8. The van der Waals surface area contributed by atoms with E-state index in [1.165, 1.54) is 0 Å². The highest BCUT2D eigenvalue weighted by Crippen LogP contribution is 2.31. The number of carbonyl (C=O) groups is 1. The van der Waals surface area contributed by atoms with Crippen molar-refractivity contribution < 1.29 is 9.90 Å². The molecule has 0 heterocycles. The summed E-state index contributed by atoms with van der Waals surface area (Å²) in [6.07, 6.45) is 0. The van der Waals surface area contributed by atoms with E-state index in [4.69, 9.17) is 17.0 Å². The minimum Gasteiger partial charge on any atom is -0.372 e. The van der Waals surface area contributed by atoms with E-state index in [0.29, 0.717) is 16.1 Å². The van der Waals surface area contributed by atoms with Crippen molar-refractivity contribution in [3.63, 3.8) is 0 Å². The molecular formula is C15H16N4O2. The molecule has 0 radical (unpaired) electrons. The van der Waals surface area contributed by atoms with E-state index in [2.05, 4.69) is 0 Å². The van der Waals surface area contributed by atoms with Gasteiger partial charge >= 0.3 is 0 Å². The van der Waals surface area contributed by atoms with Crippen LogP contribution in [0.3, 0.4) is 0 Å². The third-order valence-electron chi connectivity index (χ3n) is 3.17. The summed E-state index contributed by atoms with van der Waals surface area (Å²) in [5.74, 6) is 3.95. The Kier molecular flexibility index (Phi) is 4.02. The Bertz CT molecular complexity index is 604. The van der Waals surface area contributed by atoms with Gasteiger partial charge in [-0.2, -0.15) is 0 Å². The number of nitrogens with zero attached hydrogens (tertiary/aromatic N) is 1. The van der Waals surface area contributed by atoms with Gasteiger partial charge in [-0.25, -0.2) is 10.9 Å². The van der Waals surface area contributed by atoms with E-state index < -0.39 is 17.5 Å². The van der Waals surface area contributed by atoms with Gasteiger partial charge in [0.2, 0.25) is 5.96 Å². The van der Waals surface area contributed by atoms with Crippen molar-refractivity contribution in [1.29, 1.82) is 5.41 Å². The molecule has 0 aliphatic carbocycles. The number of benzene rings is 2. The topological polar surface area (TPSA) is 116 Å². The summed E-state index contributed by atoms with van der Waals surface area (Å²) in [4.78, 5) is 12.5. The van der Waals surface area contributed by atoms with Crippen molar-refractivity contribution in [3.8, 4) is 0 Å². The lowest BCUT2D eigenvalue weighted by Crippen LogP contribution is -2.55. The lowest BCUT2D eigenvalue weighted by molar-refractivity contribution is -0.144. The molecule has 0 aliphatic heterocycles. The second-order valence-electron chi connectivity index (χ2n) is 4.50. The van der Waals surface area contributed by atoms with Crippen LogP contribution in [-0.4, -0.2) is 22.0 Å². The van der Waals surface area contributed by atoms with E-state index >= 15 is 0 Å². The predicted octanol–water partition coefficient (Wildman–Crippen LogP) is 0.518. The molecule has 1 amide bonds. The lowest BCUT2D eigenvalue weighted by atomic mass is 9.85. The number of nitrogens with one attached hydrogen (secondary N) is 1. The molecule has 0 atom stereocenters. The molecule has 108 valence electrons. The maximum absolute atomic E-state index is 12.5. The van der Waals surface area contributed by atoms with Crippen LogP contribution in [0.15, 0.2) is 60.7 Å². The highest BCUT2D eigenvalue weighted by Gasteiger charge is 2.42. The number of carbonyl (C=O) groups excluding carboxylic acids is 1. The average Bonchev–Trinajstić information content (AvgIpc) is 2.54. The predicted molar refractivity (Wildman–Crippen MR) is 78.8 cm³/mol. The van der Waals surface area contributed by atoms with E-state index in [9.17, 15) is 9.90 Å². The summed E-state index contributed by atoms with van der Waals surface area (Å²) >= 11 is 0. The van der Waals surface area contributed by atoms with E-state index in [1.54, 1.807) is 60.7 Å². The summed E-state index contributed by atoms with van der Waals surface area (Å²) in [5, 5.41) is 18.7. The van der Waals surface area contributed by atoms with Crippen LogP contribution in [-0.2, 0) is 10.4 Å². The van der Waals surface area contributed by atoms with Crippen molar-refractivity contribution in [2.75, 3.05) is 0 Å². The second kappa shape index (κ2) is 5.74. The maximum Gasteiger partial charge on any atom is 0.285 e. The molecule has 6 nitrogen and oxygen atoms in total. The quantitative estimate of drug-likeness (QED) is 0.216. The van der Waals surface area contributed by atoms with Gasteiger partial charge in [0, 0.05) is 0 Å². The van der Waals surface area contributed by atoms with Gasteiger partial charge < -0.3 is 10.8 Å². The van der Waals surface area contributed by atoms with Gasteiger partial charge in [0.1, 0.15) is 0 Å². The van der Waals surface area contributed by atoms with Crippen LogP contribution in [0, 0.1) is 5.41 Å². The van der Waals surface area contributed by atoms with Gasteiger partial charge in [-0.05, 0) is 11.1 Å². The van der Waals surface area contributed by atoms with Gasteiger partial charge in [-0.3, -0.25) is 10.2 Å². The molecule has 0 unspecified atom stereocenters. The zero-order valence-electron chi connectivity index (χ0n) is 11.2. The van der Waals surface area contributed by atoms with Crippen LogP contribution in [0.5, 0.6) is 0 Å². The number of guanidine groups is 1. The zero-order valence-corrected chi connectivity index (χ0v) is 11.2. The average molecular weight is 284 g/mol. The first-order valence-electron chi connectivity index (χ1n) is 6.24. The molecule has 21 heavy (non-hydrogen) atoms. The molecule has 0 spiro atoms. The summed E-state index contributed by atoms with van der Waals surface area (Å²) in [7, 11) is 0. The first-order chi connectivity index (χ1) is 9.98. The Hall–Kier alpha value is -2.70. The van der Waals surface area contributed by atoms with Gasteiger partial charge in [0.25, 0.3) is 5.91 Å². The van der Waals surface area contributed by atoms with Gasteiger partial charge in [-0.15, -0.1) is 0 Å². The van der Waals surface area contributed by atoms with E-state index in [1.807, 2.05) is 0 Å². The van der Waals surface area contributed by atoms with Crippen LogP contribution >= 0.6 is 0 Å². The fourth-order valence-corrected chi connectivity index (χ4v) is 2.06. The first kappa shape index (κ1) is 14.7. The number of amides is 1. The number of nitrogens with two attached hydrogens (primary N) is 2. The molecule has 0 aromatic heterocycles. The highest BCUT2D eigenvalue weighted by atomic mass is 16.3. The fourth-order valence-electron chi connectivity index (χ4n) is 2.06. The van der Waals surface area contributed by atoms with Crippen molar-refractivity contribution in [2.45, 2.75) is 5.60 Å². The third-order valence-corrected chi connectivity index (χ3v) is 3.17. The van der Waals surface area contributed by atoms with Crippen LogP contribution in [0.25, 0.3) is 0 Å². The normalized spacial score (nSPS) is 11.0. The van der Waals surface area contributed by atoms with Gasteiger partial charge in [0.05, 0.1) is 0 Å². The first-order valence-corrected chi connectivity index (χ1v) is 6.24. The van der Waals surface area contributed by atoms with Crippen molar-refractivity contribution in [3.05, 3.63) is 71.8 Å². The molecule has 6 N–H and O–H groups in total. The van der Waals surface area contributed by atoms with Crippen LogP contribution in [0.2, 0.25) is 0 Å². The Balaban J connectivity index is 2.60. The third kappa shape index (κ3) is 2.62. The minimum absolute atomic E-state index is 0.345. The number of aliphatic hydroxyl groups is 1. The van der Waals surface area contributed by atoms with Crippen LogP contribution in [0.1, 0.15) is 11.1 Å². The number of rotatable bonds is 3. The lowest BCUT2D eigenvalue weighted by Gasteiger charge is -2.31. The van der Waals surface area contributed by atoms with Gasteiger partial charge in [0.15, 0.2) is 5.60 Å². The molecule has 2 rings (SSSR count). The standard InChI is InChI=1S/C15H16N4O2/c16-14(17)19(18)13(20)15(21,11-7-3-1-4-8-11)12-9-5-2-6-10-12/h1-10,21H,18H2,(H3,16,17).